The number of aliphatic hydroxyl groups is 1. The first-order valence-corrected chi connectivity index (χ1v) is 4.59. The minimum Gasteiger partial charge on any atom is -0.468 e. The van der Waals surface area contributed by atoms with Gasteiger partial charge in [-0.1, -0.05) is 0 Å². The number of fused-ring (bicyclic) bond motifs is 1. The smallest absolute Gasteiger partial charge is 0.304 e. The van der Waals surface area contributed by atoms with Crippen LogP contribution in [-0.2, 0) is 19.1 Å². The highest BCUT2D eigenvalue weighted by Crippen LogP contribution is 2.36. The van der Waals surface area contributed by atoms with Gasteiger partial charge in [-0.05, 0) is 6.08 Å². The topological polar surface area (TPSA) is 76.1 Å². The van der Waals surface area contributed by atoms with E-state index in [4.69, 9.17) is 14.6 Å². The summed E-state index contributed by atoms with van der Waals surface area (Å²) in [5, 5.41) is 8.74. The predicted molar refractivity (Wildman–Crippen MR) is 47.1 cm³/mol. The highest BCUT2D eigenvalue weighted by atomic mass is 16.6. The van der Waals surface area contributed by atoms with Crippen molar-refractivity contribution in [1.29, 1.82) is 0 Å². The molecule has 6 heteroatoms. The first kappa shape index (κ1) is 9.97. The van der Waals surface area contributed by atoms with Gasteiger partial charge in [-0.15, -0.1) is 0 Å². The lowest BCUT2D eigenvalue weighted by atomic mass is 10.2. The van der Waals surface area contributed by atoms with Crippen LogP contribution in [0.1, 0.15) is 13.3 Å². The molecule has 1 amide bonds. The van der Waals surface area contributed by atoms with E-state index in [-0.39, 0.29) is 18.7 Å². The number of hydrogen-bond donors (Lipinski definition) is 1. The van der Waals surface area contributed by atoms with Gasteiger partial charge in [0, 0.05) is 6.92 Å². The van der Waals surface area contributed by atoms with Crippen LogP contribution in [-0.4, -0.2) is 40.9 Å². The average Bonchev–Trinajstić information content (AvgIpc) is 2.38. The van der Waals surface area contributed by atoms with Crippen LogP contribution in [0.4, 0.5) is 0 Å². The monoisotopic (exact) mass is 213 g/mol. The molecule has 82 valence electrons. The lowest BCUT2D eigenvalue weighted by Gasteiger charge is -2.33. The summed E-state index contributed by atoms with van der Waals surface area (Å²) in [7, 11) is 0. The number of rotatable bonds is 2. The standard InChI is InChI=1S/C9H11NO5/c1-5(12)14-9-6(2-3-11)15-8-4-7(13)10(8)9/h2,8-9,11H,3-4H2,1H3/b6-2+/t8-,9?/m1/s1. The van der Waals surface area contributed by atoms with Gasteiger partial charge in [-0.25, -0.2) is 0 Å². The Morgan fingerprint density at radius 2 is 2.53 bits per heavy atom. The molecule has 1 unspecified atom stereocenters. The van der Waals surface area contributed by atoms with Gasteiger partial charge in [-0.2, -0.15) is 0 Å². The van der Waals surface area contributed by atoms with Gasteiger partial charge in [0.2, 0.25) is 12.1 Å². The Labute approximate surface area is 86.1 Å². The van der Waals surface area contributed by atoms with E-state index in [9.17, 15) is 9.59 Å². The summed E-state index contributed by atoms with van der Waals surface area (Å²) in [6.07, 6.45) is 0.528. The lowest BCUT2D eigenvalue weighted by molar-refractivity contribution is -0.173. The minimum atomic E-state index is -0.805. The molecule has 0 aliphatic carbocycles. The zero-order chi connectivity index (χ0) is 11.0. The summed E-state index contributed by atoms with van der Waals surface area (Å²) in [4.78, 5) is 23.4. The van der Waals surface area contributed by atoms with Crippen LogP contribution in [0.5, 0.6) is 0 Å². The van der Waals surface area contributed by atoms with E-state index in [1.54, 1.807) is 0 Å². The zero-order valence-corrected chi connectivity index (χ0v) is 8.17. The molecule has 0 aromatic heterocycles. The first-order valence-electron chi connectivity index (χ1n) is 4.59. The summed E-state index contributed by atoms with van der Waals surface area (Å²) in [5.41, 5.74) is 0. The fourth-order valence-corrected chi connectivity index (χ4v) is 1.64. The van der Waals surface area contributed by atoms with E-state index in [0.717, 1.165) is 0 Å². The molecule has 0 saturated carbocycles. The second kappa shape index (κ2) is 3.54. The third-order valence-corrected chi connectivity index (χ3v) is 2.29. The van der Waals surface area contributed by atoms with E-state index in [2.05, 4.69) is 0 Å². The zero-order valence-electron chi connectivity index (χ0n) is 8.17. The van der Waals surface area contributed by atoms with Crippen molar-refractivity contribution in [1.82, 2.24) is 4.90 Å². The summed E-state index contributed by atoms with van der Waals surface area (Å²) >= 11 is 0. The highest BCUT2D eigenvalue weighted by molar-refractivity contribution is 5.84. The molecule has 2 heterocycles. The van der Waals surface area contributed by atoms with Crippen molar-refractivity contribution < 1.29 is 24.2 Å². The molecule has 2 aliphatic rings. The molecule has 0 spiro atoms. The molecule has 0 bridgehead atoms. The Morgan fingerprint density at radius 1 is 1.80 bits per heavy atom. The van der Waals surface area contributed by atoms with E-state index in [1.165, 1.54) is 17.9 Å². The van der Waals surface area contributed by atoms with Crippen molar-refractivity contribution >= 4 is 11.9 Å². The first-order chi connectivity index (χ1) is 7.13. The van der Waals surface area contributed by atoms with Gasteiger partial charge in [0.25, 0.3) is 0 Å². The van der Waals surface area contributed by atoms with Gasteiger partial charge in [0.1, 0.15) is 0 Å². The van der Waals surface area contributed by atoms with Gasteiger partial charge in [0.05, 0.1) is 13.0 Å². The Kier molecular flexibility index (Phi) is 2.36. The van der Waals surface area contributed by atoms with Crippen LogP contribution in [0.15, 0.2) is 11.8 Å². The minimum absolute atomic E-state index is 0.118. The predicted octanol–water partition coefficient (Wildman–Crippen LogP) is -0.660. The number of hydrogen-bond acceptors (Lipinski definition) is 5. The third kappa shape index (κ3) is 1.56. The Morgan fingerprint density at radius 3 is 3.07 bits per heavy atom. The molecule has 0 aromatic carbocycles. The molecule has 0 aromatic rings. The molecule has 2 fully saturated rings. The van der Waals surface area contributed by atoms with Crippen molar-refractivity contribution in [3.63, 3.8) is 0 Å². The number of aliphatic hydroxyl groups excluding tert-OH is 1. The van der Waals surface area contributed by atoms with Crippen molar-refractivity contribution in [2.24, 2.45) is 0 Å². The summed E-state index contributed by atoms with van der Waals surface area (Å²) in [5.74, 6) is -0.288. The molecule has 0 radical (unpaired) electrons. The van der Waals surface area contributed by atoms with Crippen LogP contribution in [0.25, 0.3) is 0 Å². The fourth-order valence-electron chi connectivity index (χ4n) is 1.64. The third-order valence-electron chi connectivity index (χ3n) is 2.29. The molecule has 2 aliphatic heterocycles. The number of nitrogens with zero attached hydrogens (tertiary/aromatic N) is 1. The Bertz CT molecular complexity index is 337. The van der Waals surface area contributed by atoms with Crippen molar-refractivity contribution in [2.75, 3.05) is 6.61 Å². The molecular weight excluding hydrogens is 202 g/mol. The van der Waals surface area contributed by atoms with E-state index >= 15 is 0 Å². The molecule has 15 heavy (non-hydrogen) atoms. The van der Waals surface area contributed by atoms with Gasteiger partial charge in [-0.3, -0.25) is 14.5 Å². The highest BCUT2D eigenvalue weighted by Gasteiger charge is 2.52. The maximum atomic E-state index is 11.2. The van der Waals surface area contributed by atoms with Crippen LogP contribution in [0, 0.1) is 0 Å². The fraction of sp³-hybridized carbons (Fsp3) is 0.556. The summed E-state index contributed by atoms with van der Waals surface area (Å²) in [6.45, 7) is 1.04. The SMILES string of the molecule is CC(=O)OC1/C(=C\CO)O[C@@H]2CC(=O)N12. The number of ether oxygens (including phenoxy) is 2. The van der Waals surface area contributed by atoms with Crippen LogP contribution in [0.3, 0.4) is 0 Å². The molecular formula is C9H11NO5. The maximum Gasteiger partial charge on any atom is 0.304 e. The quantitative estimate of drug-likeness (QED) is 0.487. The van der Waals surface area contributed by atoms with Crippen LogP contribution >= 0.6 is 0 Å². The Hall–Kier alpha value is -1.56. The van der Waals surface area contributed by atoms with Crippen molar-refractivity contribution in [3.05, 3.63) is 11.8 Å². The number of carbonyl (C=O) groups excluding carboxylic acids is 2. The van der Waals surface area contributed by atoms with E-state index in [0.29, 0.717) is 12.2 Å². The Balaban J connectivity index is 2.17. The van der Waals surface area contributed by atoms with Crippen LogP contribution < -0.4 is 0 Å². The second-order valence-corrected chi connectivity index (χ2v) is 3.33. The normalized spacial score (nSPS) is 30.9. The number of β-lactam (4-membered cyclic amide) rings is 1. The van der Waals surface area contributed by atoms with Gasteiger partial charge in [0.15, 0.2) is 12.0 Å². The molecule has 2 atom stereocenters. The largest absolute Gasteiger partial charge is 0.468 e. The van der Waals surface area contributed by atoms with Crippen LogP contribution in [0.2, 0.25) is 0 Å². The van der Waals surface area contributed by atoms with Gasteiger partial charge < -0.3 is 14.6 Å². The number of amides is 1. The molecule has 1 N–H and O–H groups in total. The number of esters is 1. The number of carbonyl (C=O) groups is 2. The maximum absolute atomic E-state index is 11.2. The van der Waals surface area contributed by atoms with E-state index in [1.807, 2.05) is 0 Å². The lowest BCUT2D eigenvalue weighted by Crippen LogP contribution is -2.53. The summed E-state index contributed by atoms with van der Waals surface area (Å²) < 4.78 is 10.3. The average molecular weight is 213 g/mol. The molecule has 2 rings (SSSR count). The van der Waals surface area contributed by atoms with E-state index < -0.39 is 12.2 Å². The van der Waals surface area contributed by atoms with Gasteiger partial charge >= 0.3 is 5.97 Å². The van der Waals surface area contributed by atoms with Crippen molar-refractivity contribution in [3.8, 4) is 0 Å². The second-order valence-electron chi connectivity index (χ2n) is 3.33. The molecule has 2 saturated heterocycles. The summed E-state index contributed by atoms with van der Waals surface area (Å²) in [6, 6.07) is 0. The van der Waals surface area contributed by atoms with Crippen molar-refractivity contribution in [2.45, 2.75) is 25.8 Å². The molecule has 6 nitrogen and oxygen atoms in total.